The highest BCUT2D eigenvalue weighted by atomic mass is 32.2. The molecule has 0 unspecified atom stereocenters. The van der Waals surface area contributed by atoms with Gasteiger partial charge in [-0.15, -0.1) is 0 Å². The number of nitrogens with zero attached hydrogens (tertiary/aromatic N) is 1. The van der Waals surface area contributed by atoms with Crippen molar-refractivity contribution in [1.29, 1.82) is 0 Å². The largest absolute Gasteiger partial charge is 0.383 e. The van der Waals surface area contributed by atoms with E-state index in [0.29, 0.717) is 0 Å². The van der Waals surface area contributed by atoms with E-state index < -0.39 is 0 Å². The van der Waals surface area contributed by atoms with Gasteiger partial charge in [0.25, 0.3) is 0 Å². The Kier molecular flexibility index (Phi) is 12.5. The number of nitrogens with one attached hydrogen (secondary N) is 1. The molecule has 0 fully saturated rings. The number of ether oxygens (including phenoxy) is 1. The van der Waals surface area contributed by atoms with Crippen LogP contribution < -0.4 is 5.32 Å². The van der Waals surface area contributed by atoms with Gasteiger partial charge in [-0.05, 0) is 31.5 Å². The van der Waals surface area contributed by atoms with Gasteiger partial charge < -0.3 is 15.0 Å². The summed E-state index contributed by atoms with van der Waals surface area (Å²) < 4.78 is 4.96. The van der Waals surface area contributed by atoms with E-state index in [2.05, 4.69) is 24.2 Å². The van der Waals surface area contributed by atoms with Crippen LogP contribution in [-0.4, -0.2) is 63.3 Å². The Morgan fingerprint density at radius 1 is 1.27 bits per heavy atom. The maximum Gasteiger partial charge on any atom is 0.0587 e. The van der Waals surface area contributed by atoms with Gasteiger partial charge >= 0.3 is 0 Å². The molecule has 4 heteroatoms. The molecule has 0 aromatic rings. The summed E-state index contributed by atoms with van der Waals surface area (Å²) in [5.74, 6) is 2.53. The summed E-state index contributed by atoms with van der Waals surface area (Å²) in [7, 11) is 3.92. The molecule has 0 atom stereocenters. The fraction of sp³-hybridized carbons (Fsp3) is 1.00. The van der Waals surface area contributed by atoms with Crippen molar-refractivity contribution in [2.45, 2.75) is 13.3 Å². The molecule has 15 heavy (non-hydrogen) atoms. The first-order chi connectivity index (χ1) is 7.31. The van der Waals surface area contributed by atoms with E-state index in [1.165, 1.54) is 24.5 Å². The molecule has 0 aromatic heterocycles. The highest BCUT2D eigenvalue weighted by molar-refractivity contribution is 7.99. The molecule has 0 radical (unpaired) electrons. The maximum absolute atomic E-state index is 4.96. The van der Waals surface area contributed by atoms with Gasteiger partial charge in [-0.3, -0.25) is 0 Å². The van der Waals surface area contributed by atoms with Crippen molar-refractivity contribution in [3.63, 3.8) is 0 Å². The van der Waals surface area contributed by atoms with Crippen molar-refractivity contribution in [3.8, 4) is 0 Å². The summed E-state index contributed by atoms with van der Waals surface area (Å²) in [5, 5.41) is 3.35. The summed E-state index contributed by atoms with van der Waals surface area (Å²) in [6.45, 7) is 7.36. The minimum Gasteiger partial charge on any atom is -0.383 e. The van der Waals surface area contributed by atoms with Gasteiger partial charge in [-0.1, -0.05) is 6.92 Å². The minimum absolute atomic E-state index is 0.802. The second-order valence-corrected chi connectivity index (χ2v) is 4.99. The van der Waals surface area contributed by atoms with E-state index in [1.54, 1.807) is 7.11 Å². The molecule has 0 aromatic carbocycles. The quantitative estimate of drug-likeness (QED) is 0.545. The van der Waals surface area contributed by atoms with Gasteiger partial charge in [-0.25, -0.2) is 0 Å². The normalized spacial score (nSPS) is 11.2. The third kappa shape index (κ3) is 12.2. The first kappa shape index (κ1) is 15.2. The molecule has 3 nitrogen and oxygen atoms in total. The Morgan fingerprint density at radius 2 is 2.07 bits per heavy atom. The predicted octanol–water partition coefficient (Wildman–Crippen LogP) is 1.30. The number of thioether (sulfide) groups is 1. The summed E-state index contributed by atoms with van der Waals surface area (Å²) in [6, 6.07) is 0. The molecule has 1 N–H and O–H groups in total. The Balaban J connectivity index is 3.08. The van der Waals surface area contributed by atoms with Crippen molar-refractivity contribution in [2.24, 2.45) is 0 Å². The lowest BCUT2D eigenvalue weighted by atomic mass is 10.4. The van der Waals surface area contributed by atoms with E-state index in [-0.39, 0.29) is 0 Å². The smallest absolute Gasteiger partial charge is 0.0587 e. The lowest BCUT2D eigenvalue weighted by Crippen LogP contribution is -2.31. The lowest BCUT2D eigenvalue weighted by molar-refractivity contribution is 0.198. The van der Waals surface area contributed by atoms with Gasteiger partial charge in [0.05, 0.1) is 6.61 Å². The van der Waals surface area contributed by atoms with Crippen LogP contribution in [0.2, 0.25) is 0 Å². The molecule has 0 aliphatic heterocycles. The zero-order chi connectivity index (χ0) is 11.4. The van der Waals surface area contributed by atoms with Crippen LogP contribution in [0.5, 0.6) is 0 Å². The molecule has 0 spiro atoms. The van der Waals surface area contributed by atoms with Crippen LogP contribution in [0.4, 0.5) is 0 Å². The second kappa shape index (κ2) is 12.3. The highest BCUT2D eigenvalue weighted by Gasteiger charge is 1.97. The Morgan fingerprint density at radius 3 is 2.73 bits per heavy atom. The van der Waals surface area contributed by atoms with Gasteiger partial charge in [0.1, 0.15) is 0 Å². The Bertz CT molecular complexity index is 125. The van der Waals surface area contributed by atoms with Gasteiger partial charge in [0.15, 0.2) is 0 Å². The summed E-state index contributed by atoms with van der Waals surface area (Å²) >= 11 is 2.03. The van der Waals surface area contributed by atoms with Crippen LogP contribution in [0.3, 0.4) is 0 Å². The predicted molar refractivity (Wildman–Crippen MR) is 69.9 cm³/mol. The molecule has 0 saturated carbocycles. The van der Waals surface area contributed by atoms with E-state index in [4.69, 9.17) is 4.74 Å². The van der Waals surface area contributed by atoms with Crippen LogP contribution in [0.1, 0.15) is 13.3 Å². The highest BCUT2D eigenvalue weighted by Crippen LogP contribution is 2.01. The Labute approximate surface area is 98.9 Å². The molecule has 0 aliphatic rings. The third-order valence-electron chi connectivity index (χ3n) is 2.19. The first-order valence-corrected chi connectivity index (χ1v) is 6.92. The van der Waals surface area contributed by atoms with Crippen LogP contribution in [0.25, 0.3) is 0 Å². The first-order valence-electron chi connectivity index (χ1n) is 5.77. The van der Waals surface area contributed by atoms with Crippen molar-refractivity contribution in [1.82, 2.24) is 10.2 Å². The van der Waals surface area contributed by atoms with Crippen molar-refractivity contribution in [2.75, 3.05) is 58.4 Å². The lowest BCUT2D eigenvalue weighted by Gasteiger charge is -2.16. The van der Waals surface area contributed by atoms with Crippen LogP contribution in [0.15, 0.2) is 0 Å². The minimum atomic E-state index is 0.802. The molecule has 0 amide bonds. The average molecular weight is 234 g/mol. The summed E-state index contributed by atoms with van der Waals surface area (Å²) in [6.07, 6.45) is 1.30. The van der Waals surface area contributed by atoms with E-state index >= 15 is 0 Å². The molecule has 0 heterocycles. The van der Waals surface area contributed by atoms with Crippen molar-refractivity contribution < 1.29 is 4.74 Å². The van der Waals surface area contributed by atoms with E-state index in [9.17, 15) is 0 Å². The molecule has 92 valence electrons. The summed E-state index contributed by atoms with van der Waals surface area (Å²) in [5.41, 5.74) is 0. The zero-order valence-corrected chi connectivity index (χ0v) is 11.2. The fourth-order valence-corrected chi connectivity index (χ4v) is 1.88. The van der Waals surface area contributed by atoms with E-state index in [0.717, 1.165) is 26.2 Å². The zero-order valence-electron chi connectivity index (χ0n) is 10.4. The standard InChI is InChI=1S/C11H26N2OS/c1-4-15-11-5-8-13(2)9-6-12-7-10-14-3/h12H,4-11H2,1-3H3. The molecular formula is C11H26N2OS. The SMILES string of the molecule is CCSCCCN(C)CCNCCOC. The van der Waals surface area contributed by atoms with Crippen LogP contribution in [0, 0.1) is 0 Å². The number of hydrogen-bond donors (Lipinski definition) is 1. The molecule has 0 rings (SSSR count). The number of hydrogen-bond acceptors (Lipinski definition) is 4. The fourth-order valence-electron chi connectivity index (χ4n) is 1.26. The molecular weight excluding hydrogens is 208 g/mol. The third-order valence-corrected chi connectivity index (χ3v) is 3.17. The van der Waals surface area contributed by atoms with Gasteiger partial charge in [-0.2, -0.15) is 11.8 Å². The van der Waals surface area contributed by atoms with Gasteiger partial charge in [0.2, 0.25) is 0 Å². The summed E-state index contributed by atoms with van der Waals surface area (Å²) in [4.78, 5) is 2.38. The topological polar surface area (TPSA) is 24.5 Å². The van der Waals surface area contributed by atoms with Crippen LogP contribution >= 0.6 is 11.8 Å². The van der Waals surface area contributed by atoms with Crippen molar-refractivity contribution >= 4 is 11.8 Å². The molecule has 0 bridgehead atoms. The molecule has 0 saturated heterocycles. The van der Waals surface area contributed by atoms with Crippen LogP contribution in [-0.2, 0) is 4.74 Å². The maximum atomic E-state index is 4.96. The monoisotopic (exact) mass is 234 g/mol. The number of likely N-dealkylation sites (N-methyl/N-ethyl adjacent to an activating group) is 1. The van der Waals surface area contributed by atoms with Crippen molar-refractivity contribution in [3.05, 3.63) is 0 Å². The second-order valence-electron chi connectivity index (χ2n) is 3.60. The average Bonchev–Trinajstić information content (AvgIpc) is 2.24. The van der Waals surface area contributed by atoms with E-state index in [1.807, 2.05) is 11.8 Å². The number of rotatable bonds is 11. The molecule has 0 aliphatic carbocycles. The Hall–Kier alpha value is 0.230. The number of methoxy groups -OCH3 is 1. The van der Waals surface area contributed by atoms with Gasteiger partial charge in [0, 0.05) is 26.7 Å².